The molecule has 1 amide bonds. The molecule has 1 atom stereocenters. The molecule has 2 rings (SSSR count). The lowest BCUT2D eigenvalue weighted by molar-refractivity contribution is -0.128. The maximum atomic E-state index is 12.3. The Kier molecular flexibility index (Phi) is 4.71. The van der Waals surface area contributed by atoms with Crippen LogP contribution in [0.1, 0.15) is 32.3 Å². The molecule has 1 aliphatic heterocycles. The summed E-state index contributed by atoms with van der Waals surface area (Å²) in [5.41, 5.74) is 1.13. The first kappa shape index (κ1) is 15.3. The predicted octanol–water partition coefficient (Wildman–Crippen LogP) is 3.08. The van der Waals surface area contributed by atoms with Gasteiger partial charge in [-0.25, -0.2) is 0 Å². The largest absolute Gasteiger partial charge is 0.352 e. The van der Waals surface area contributed by atoms with Gasteiger partial charge in [0.2, 0.25) is 5.91 Å². The molecule has 0 spiro atoms. The molecule has 1 unspecified atom stereocenters. The molecule has 20 heavy (non-hydrogen) atoms. The van der Waals surface area contributed by atoms with Crippen LogP contribution < -0.4 is 5.32 Å². The van der Waals surface area contributed by atoms with Crippen molar-refractivity contribution in [3.63, 3.8) is 0 Å². The Morgan fingerprint density at radius 3 is 2.90 bits per heavy atom. The highest BCUT2D eigenvalue weighted by Gasteiger charge is 2.35. The van der Waals surface area contributed by atoms with Gasteiger partial charge in [0.1, 0.15) is 0 Å². The zero-order chi connectivity index (χ0) is 14.8. The van der Waals surface area contributed by atoms with Crippen LogP contribution in [-0.2, 0) is 11.3 Å². The van der Waals surface area contributed by atoms with E-state index in [9.17, 15) is 4.79 Å². The van der Waals surface area contributed by atoms with E-state index < -0.39 is 0 Å². The van der Waals surface area contributed by atoms with Crippen LogP contribution >= 0.6 is 11.6 Å². The Hall–Kier alpha value is -1.06. The topological polar surface area (TPSA) is 32.3 Å². The average Bonchev–Trinajstić information content (AvgIpc) is 2.39. The SMILES string of the molecule is CN1CCC(C(=O)NCc2cccc(Cl)c2)CC1(C)C. The summed E-state index contributed by atoms with van der Waals surface area (Å²) in [4.78, 5) is 14.6. The van der Waals surface area contributed by atoms with Gasteiger partial charge in [0.15, 0.2) is 0 Å². The molecule has 1 N–H and O–H groups in total. The van der Waals surface area contributed by atoms with Gasteiger partial charge >= 0.3 is 0 Å². The van der Waals surface area contributed by atoms with Crippen molar-refractivity contribution in [3.05, 3.63) is 34.9 Å². The molecule has 0 saturated carbocycles. The van der Waals surface area contributed by atoms with Gasteiger partial charge in [0.05, 0.1) is 0 Å². The summed E-state index contributed by atoms with van der Waals surface area (Å²) in [7, 11) is 2.13. The number of halogens is 1. The first-order chi connectivity index (χ1) is 9.38. The average molecular weight is 295 g/mol. The van der Waals surface area contributed by atoms with Crippen molar-refractivity contribution in [2.75, 3.05) is 13.6 Å². The second-order valence-corrected chi connectivity index (χ2v) is 6.71. The van der Waals surface area contributed by atoms with E-state index in [1.807, 2.05) is 24.3 Å². The lowest BCUT2D eigenvalue weighted by Gasteiger charge is -2.43. The fourth-order valence-corrected chi connectivity index (χ4v) is 2.93. The summed E-state index contributed by atoms with van der Waals surface area (Å²) in [5.74, 6) is 0.270. The van der Waals surface area contributed by atoms with Crippen LogP contribution in [0.2, 0.25) is 5.02 Å². The monoisotopic (exact) mass is 294 g/mol. The minimum atomic E-state index is 0.0936. The number of likely N-dealkylation sites (tertiary alicyclic amines) is 1. The number of piperidine rings is 1. The summed E-state index contributed by atoms with van der Waals surface area (Å²) >= 11 is 5.94. The molecule has 1 heterocycles. The quantitative estimate of drug-likeness (QED) is 0.929. The first-order valence-corrected chi connectivity index (χ1v) is 7.50. The zero-order valence-corrected chi connectivity index (χ0v) is 13.2. The maximum Gasteiger partial charge on any atom is 0.223 e. The fraction of sp³-hybridized carbons (Fsp3) is 0.562. The van der Waals surface area contributed by atoms with E-state index in [1.165, 1.54) is 0 Å². The first-order valence-electron chi connectivity index (χ1n) is 7.12. The van der Waals surface area contributed by atoms with Gasteiger partial charge in [0, 0.05) is 23.0 Å². The number of carbonyl (C=O) groups is 1. The van der Waals surface area contributed by atoms with Crippen LogP contribution in [0.15, 0.2) is 24.3 Å². The molecule has 0 aliphatic carbocycles. The molecule has 0 bridgehead atoms. The highest BCUT2D eigenvalue weighted by Crippen LogP contribution is 2.30. The van der Waals surface area contributed by atoms with Gasteiger partial charge in [-0.1, -0.05) is 23.7 Å². The Morgan fingerprint density at radius 2 is 2.25 bits per heavy atom. The minimum Gasteiger partial charge on any atom is -0.352 e. The van der Waals surface area contributed by atoms with Gasteiger partial charge in [-0.2, -0.15) is 0 Å². The molecule has 0 aromatic heterocycles. The third-order valence-electron chi connectivity index (χ3n) is 4.32. The number of amides is 1. The molecule has 0 radical (unpaired) electrons. The van der Waals surface area contributed by atoms with Gasteiger partial charge in [-0.3, -0.25) is 4.79 Å². The van der Waals surface area contributed by atoms with E-state index in [1.54, 1.807) is 0 Å². The van der Waals surface area contributed by atoms with Crippen molar-refractivity contribution < 1.29 is 4.79 Å². The summed E-state index contributed by atoms with van der Waals surface area (Å²) in [6, 6.07) is 7.61. The fourth-order valence-electron chi connectivity index (χ4n) is 2.72. The Balaban J connectivity index is 1.89. The number of benzene rings is 1. The lowest BCUT2D eigenvalue weighted by Crippen LogP contribution is -2.50. The van der Waals surface area contributed by atoms with Crippen molar-refractivity contribution in [2.45, 2.75) is 38.8 Å². The third-order valence-corrected chi connectivity index (χ3v) is 4.55. The molecule has 1 aliphatic rings. The molecule has 1 fully saturated rings. The molecule has 3 nitrogen and oxygen atoms in total. The smallest absolute Gasteiger partial charge is 0.223 e. The van der Waals surface area contributed by atoms with Crippen LogP contribution in [0, 0.1) is 5.92 Å². The van der Waals surface area contributed by atoms with E-state index in [0.717, 1.165) is 24.9 Å². The van der Waals surface area contributed by atoms with Crippen LogP contribution in [0.4, 0.5) is 0 Å². The van der Waals surface area contributed by atoms with Crippen LogP contribution in [-0.4, -0.2) is 29.9 Å². The third kappa shape index (κ3) is 3.74. The van der Waals surface area contributed by atoms with Crippen LogP contribution in [0.25, 0.3) is 0 Å². The molecular weight excluding hydrogens is 272 g/mol. The summed E-state index contributed by atoms with van der Waals surface area (Å²) < 4.78 is 0. The number of hydrogen-bond donors (Lipinski definition) is 1. The van der Waals surface area contributed by atoms with Crippen LogP contribution in [0.5, 0.6) is 0 Å². The van der Waals surface area contributed by atoms with Crippen molar-refractivity contribution in [2.24, 2.45) is 5.92 Å². The number of carbonyl (C=O) groups excluding carboxylic acids is 1. The van der Waals surface area contributed by atoms with Gasteiger partial charge in [0.25, 0.3) is 0 Å². The highest BCUT2D eigenvalue weighted by molar-refractivity contribution is 6.30. The van der Waals surface area contributed by atoms with E-state index in [-0.39, 0.29) is 17.4 Å². The predicted molar refractivity (Wildman–Crippen MR) is 82.7 cm³/mol. The summed E-state index contributed by atoms with van der Waals surface area (Å²) in [5, 5.41) is 3.74. The Bertz CT molecular complexity index is 487. The molecule has 1 aromatic carbocycles. The molecule has 110 valence electrons. The summed E-state index contributed by atoms with van der Waals surface area (Å²) in [6.45, 7) is 5.92. The van der Waals surface area contributed by atoms with Crippen molar-refractivity contribution in [3.8, 4) is 0 Å². The normalized spacial score (nSPS) is 22.5. The Morgan fingerprint density at radius 1 is 1.50 bits per heavy atom. The highest BCUT2D eigenvalue weighted by atomic mass is 35.5. The number of rotatable bonds is 3. The number of nitrogens with zero attached hydrogens (tertiary/aromatic N) is 1. The van der Waals surface area contributed by atoms with E-state index in [2.05, 4.69) is 31.1 Å². The van der Waals surface area contributed by atoms with Crippen molar-refractivity contribution in [1.82, 2.24) is 10.2 Å². The number of nitrogens with one attached hydrogen (secondary N) is 1. The lowest BCUT2D eigenvalue weighted by atomic mass is 9.82. The molecule has 4 heteroatoms. The maximum absolute atomic E-state index is 12.3. The van der Waals surface area contributed by atoms with Crippen LogP contribution in [0.3, 0.4) is 0 Å². The minimum absolute atomic E-state index is 0.0936. The molecule has 1 aromatic rings. The number of hydrogen-bond acceptors (Lipinski definition) is 2. The van der Waals surface area contributed by atoms with E-state index in [4.69, 9.17) is 11.6 Å². The van der Waals surface area contributed by atoms with Gasteiger partial charge in [-0.15, -0.1) is 0 Å². The van der Waals surface area contributed by atoms with E-state index >= 15 is 0 Å². The van der Waals surface area contributed by atoms with E-state index in [0.29, 0.717) is 11.6 Å². The van der Waals surface area contributed by atoms with Crippen molar-refractivity contribution >= 4 is 17.5 Å². The van der Waals surface area contributed by atoms with Gasteiger partial charge in [-0.05, 0) is 58.0 Å². The second-order valence-electron chi connectivity index (χ2n) is 6.27. The van der Waals surface area contributed by atoms with Crippen molar-refractivity contribution in [1.29, 1.82) is 0 Å². The van der Waals surface area contributed by atoms with Gasteiger partial charge < -0.3 is 10.2 Å². The standard InChI is InChI=1S/C16H23ClN2O/c1-16(2)10-13(7-8-19(16)3)15(20)18-11-12-5-4-6-14(17)9-12/h4-6,9,13H,7-8,10-11H2,1-3H3,(H,18,20). The zero-order valence-electron chi connectivity index (χ0n) is 12.4. The Labute approximate surface area is 126 Å². The molecule has 1 saturated heterocycles. The second kappa shape index (κ2) is 6.15. The molecular formula is C16H23ClN2O. The summed E-state index contributed by atoms with van der Waals surface area (Å²) in [6.07, 6.45) is 1.84.